The molecule has 1 aromatic rings. The van der Waals surface area contributed by atoms with Gasteiger partial charge >= 0.3 is 0 Å². The lowest BCUT2D eigenvalue weighted by Gasteiger charge is -2.18. The van der Waals surface area contributed by atoms with Crippen LogP contribution in [-0.2, 0) is 0 Å². The van der Waals surface area contributed by atoms with Crippen molar-refractivity contribution in [2.24, 2.45) is 5.92 Å². The molecule has 4 N–H and O–H groups in total. The highest BCUT2D eigenvalue weighted by atomic mass is 19.1. The number of nitrogen functional groups attached to an aromatic ring is 1. The van der Waals surface area contributed by atoms with E-state index in [4.69, 9.17) is 5.73 Å². The molecule has 0 fully saturated rings. The summed E-state index contributed by atoms with van der Waals surface area (Å²) < 4.78 is 13.9. The van der Waals surface area contributed by atoms with Crippen LogP contribution in [0.5, 0.6) is 0 Å². The van der Waals surface area contributed by atoms with Crippen molar-refractivity contribution in [2.75, 3.05) is 12.3 Å². The van der Waals surface area contributed by atoms with Gasteiger partial charge in [0.25, 0.3) is 5.91 Å². The molecule has 4 nitrogen and oxygen atoms in total. The minimum atomic E-state index is -0.576. The molecule has 0 aromatic heterocycles. The number of aliphatic hydroxyl groups excluding tert-OH is 1. The number of carbonyl (C=O) groups is 1. The number of aliphatic hydroxyl groups is 1. The number of amides is 1. The lowest BCUT2D eigenvalue weighted by atomic mass is 10.0. The topological polar surface area (TPSA) is 75.4 Å². The molecule has 0 saturated carbocycles. The maximum absolute atomic E-state index is 13.9. The van der Waals surface area contributed by atoms with Crippen molar-refractivity contribution < 1.29 is 14.3 Å². The van der Waals surface area contributed by atoms with Crippen molar-refractivity contribution in [3.05, 3.63) is 29.1 Å². The van der Waals surface area contributed by atoms with Gasteiger partial charge in [0.1, 0.15) is 5.82 Å². The third kappa shape index (κ3) is 4.21. The van der Waals surface area contributed by atoms with Crippen LogP contribution in [0.3, 0.4) is 0 Å². The first kappa shape index (κ1) is 15.4. The molecule has 0 aliphatic heterocycles. The monoisotopic (exact) mass is 268 g/mol. The van der Waals surface area contributed by atoms with Crippen LogP contribution in [0.25, 0.3) is 0 Å². The van der Waals surface area contributed by atoms with Gasteiger partial charge in [0.15, 0.2) is 0 Å². The van der Waals surface area contributed by atoms with Crippen molar-refractivity contribution in [3.63, 3.8) is 0 Å². The summed E-state index contributed by atoms with van der Waals surface area (Å²) in [7, 11) is 0. The van der Waals surface area contributed by atoms with E-state index in [1.54, 1.807) is 6.92 Å². The van der Waals surface area contributed by atoms with Gasteiger partial charge in [-0.05, 0) is 37.0 Å². The molecule has 1 rings (SSSR count). The number of aryl methyl sites for hydroxylation is 1. The first-order valence-corrected chi connectivity index (χ1v) is 6.32. The van der Waals surface area contributed by atoms with E-state index in [1.807, 2.05) is 13.8 Å². The Balaban J connectivity index is 2.88. The van der Waals surface area contributed by atoms with Gasteiger partial charge in [-0.1, -0.05) is 13.8 Å². The summed E-state index contributed by atoms with van der Waals surface area (Å²) in [6.07, 6.45) is 0.630. The Hall–Kier alpha value is -1.62. The van der Waals surface area contributed by atoms with Crippen LogP contribution in [0.4, 0.5) is 10.1 Å². The van der Waals surface area contributed by atoms with Crippen molar-refractivity contribution in [1.82, 2.24) is 5.32 Å². The fourth-order valence-electron chi connectivity index (χ4n) is 1.97. The van der Waals surface area contributed by atoms with Crippen LogP contribution in [0.1, 0.15) is 36.2 Å². The normalized spacial score (nSPS) is 12.5. The Morgan fingerprint density at radius 1 is 1.47 bits per heavy atom. The van der Waals surface area contributed by atoms with Gasteiger partial charge in [-0.15, -0.1) is 0 Å². The lowest BCUT2D eigenvalue weighted by Crippen LogP contribution is -2.38. The molecule has 0 spiro atoms. The molecule has 0 aliphatic rings. The molecule has 1 unspecified atom stereocenters. The standard InChI is InChI=1S/C14H21FN2O2/c1-8(2)4-11(7-18)17-14(19)12-6-10(16)5-9(3)13(12)15/h5-6,8,11,18H,4,7,16H2,1-3H3,(H,17,19). The van der Waals surface area contributed by atoms with Gasteiger partial charge in [-0.2, -0.15) is 0 Å². The number of nitrogens with two attached hydrogens (primary N) is 1. The van der Waals surface area contributed by atoms with Crippen molar-refractivity contribution in [1.29, 1.82) is 0 Å². The molecular weight excluding hydrogens is 247 g/mol. The molecule has 1 amide bonds. The first-order chi connectivity index (χ1) is 8.85. The van der Waals surface area contributed by atoms with Gasteiger partial charge in [-0.25, -0.2) is 4.39 Å². The van der Waals surface area contributed by atoms with Gasteiger partial charge in [-0.3, -0.25) is 4.79 Å². The smallest absolute Gasteiger partial charge is 0.254 e. The Morgan fingerprint density at radius 3 is 2.63 bits per heavy atom. The minimum absolute atomic E-state index is 0.0836. The van der Waals surface area contributed by atoms with E-state index in [0.29, 0.717) is 23.6 Å². The van der Waals surface area contributed by atoms with Crippen molar-refractivity contribution in [3.8, 4) is 0 Å². The molecule has 5 heteroatoms. The summed E-state index contributed by atoms with van der Waals surface area (Å²) in [5.74, 6) is -0.801. The number of carbonyl (C=O) groups excluding carboxylic acids is 1. The Labute approximate surface area is 112 Å². The molecule has 106 valence electrons. The molecule has 1 aromatic carbocycles. The quantitative estimate of drug-likeness (QED) is 0.713. The summed E-state index contributed by atoms with van der Waals surface area (Å²) in [5, 5.41) is 11.8. The van der Waals surface area contributed by atoms with Crippen LogP contribution in [0.2, 0.25) is 0 Å². The van der Waals surface area contributed by atoms with E-state index in [2.05, 4.69) is 5.32 Å². The molecular formula is C14H21FN2O2. The number of nitrogens with one attached hydrogen (secondary N) is 1. The summed E-state index contributed by atoms with van der Waals surface area (Å²) in [6.45, 7) is 5.35. The number of benzene rings is 1. The van der Waals surface area contributed by atoms with Crippen LogP contribution < -0.4 is 11.1 Å². The van der Waals surface area contributed by atoms with Crippen LogP contribution >= 0.6 is 0 Å². The Morgan fingerprint density at radius 2 is 2.11 bits per heavy atom. The highest BCUT2D eigenvalue weighted by Gasteiger charge is 2.18. The van der Waals surface area contributed by atoms with E-state index in [1.165, 1.54) is 12.1 Å². The molecule has 0 radical (unpaired) electrons. The third-order valence-electron chi connectivity index (χ3n) is 2.83. The first-order valence-electron chi connectivity index (χ1n) is 6.32. The van der Waals surface area contributed by atoms with Gasteiger partial charge in [0, 0.05) is 5.69 Å². The number of hydrogen-bond acceptors (Lipinski definition) is 3. The highest BCUT2D eigenvalue weighted by molar-refractivity contribution is 5.95. The number of halogens is 1. The largest absolute Gasteiger partial charge is 0.399 e. The fraction of sp³-hybridized carbons (Fsp3) is 0.500. The average molecular weight is 268 g/mol. The van der Waals surface area contributed by atoms with Gasteiger partial charge < -0.3 is 16.2 Å². The van der Waals surface area contributed by atoms with Crippen LogP contribution in [-0.4, -0.2) is 23.7 Å². The van der Waals surface area contributed by atoms with Crippen LogP contribution in [0, 0.1) is 18.7 Å². The maximum Gasteiger partial charge on any atom is 0.254 e. The molecule has 0 heterocycles. The van der Waals surface area contributed by atoms with Crippen LogP contribution in [0.15, 0.2) is 12.1 Å². The second kappa shape index (κ2) is 6.52. The molecule has 19 heavy (non-hydrogen) atoms. The predicted octanol–water partition coefficient (Wildman–Crippen LogP) is 1.85. The zero-order valence-corrected chi connectivity index (χ0v) is 11.5. The summed E-state index contributed by atoms with van der Waals surface area (Å²) in [4.78, 5) is 12.0. The van der Waals surface area contributed by atoms with Gasteiger partial charge in [0.05, 0.1) is 18.2 Å². The summed E-state index contributed by atoms with van der Waals surface area (Å²) in [5.41, 5.74) is 6.20. The van der Waals surface area contributed by atoms with E-state index in [0.717, 1.165) is 0 Å². The van der Waals surface area contributed by atoms with E-state index in [-0.39, 0.29) is 18.2 Å². The average Bonchev–Trinajstić information content (AvgIpc) is 2.32. The van der Waals surface area contributed by atoms with Crippen molar-refractivity contribution >= 4 is 11.6 Å². The number of hydrogen-bond donors (Lipinski definition) is 3. The minimum Gasteiger partial charge on any atom is -0.399 e. The third-order valence-corrected chi connectivity index (χ3v) is 2.83. The Kier molecular flexibility index (Phi) is 5.30. The van der Waals surface area contributed by atoms with E-state index >= 15 is 0 Å². The zero-order chi connectivity index (χ0) is 14.6. The highest BCUT2D eigenvalue weighted by Crippen LogP contribution is 2.17. The lowest BCUT2D eigenvalue weighted by molar-refractivity contribution is 0.0904. The molecule has 1 atom stereocenters. The second-order valence-electron chi connectivity index (χ2n) is 5.18. The fourth-order valence-corrected chi connectivity index (χ4v) is 1.97. The molecule has 0 bridgehead atoms. The number of rotatable bonds is 5. The SMILES string of the molecule is Cc1cc(N)cc(C(=O)NC(CO)CC(C)C)c1F. The summed E-state index contributed by atoms with van der Waals surface area (Å²) >= 11 is 0. The van der Waals surface area contributed by atoms with Crippen molar-refractivity contribution in [2.45, 2.75) is 33.2 Å². The van der Waals surface area contributed by atoms with Gasteiger partial charge in [0.2, 0.25) is 0 Å². The molecule has 0 saturated heterocycles. The van der Waals surface area contributed by atoms with E-state index in [9.17, 15) is 14.3 Å². The zero-order valence-electron chi connectivity index (χ0n) is 11.5. The maximum atomic E-state index is 13.9. The second-order valence-corrected chi connectivity index (χ2v) is 5.18. The molecule has 0 aliphatic carbocycles. The predicted molar refractivity (Wildman–Crippen MR) is 73.3 cm³/mol. The summed E-state index contributed by atoms with van der Waals surface area (Å²) in [6, 6.07) is 2.40. The Bertz CT molecular complexity index is 461. The van der Waals surface area contributed by atoms with E-state index < -0.39 is 11.7 Å². The number of anilines is 1.